The lowest BCUT2D eigenvalue weighted by molar-refractivity contribution is 0.0695. The molecule has 79 valence electrons. The molecule has 1 aromatic carbocycles. The van der Waals surface area contributed by atoms with Gasteiger partial charge in [0.05, 0.1) is 5.56 Å². The van der Waals surface area contributed by atoms with Crippen LogP contribution < -0.4 is 0 Å². The van der Waals surface area contributed by atoms with Crippen molar-refractivity contribution in [1.29, 1.82) is 0 Å². The Morgan fingerprint density at radius 2 is 2.20 bits per heavy atom. The van der Waals surface area contributed by atoms with Crippen LogP contribution in [-0.2, 0) is 6.54 Å². The fraction of sp³-hybridized carbons (Fsp3) is 0.333. The van der Waals surface area contributed by atoms with E-state index in [1.165, 1.54) is 6.42 Å². The van der Waals surface area contributed by atoms with E-state index in [1.54, 1.807) is 12.1 Å². The van der Waals surface area contributed by atoms with Crippen LogP contribution in [0.2, 0.25) is 0 Å². The van der Waals surface area contributed by atoms with Gasteiger partial charge < -0.3 is 5.11 Å². The first-order valence-corrected chi connectivity index (χ1v) is 5.16. The first-order valence-electron chi connectivity index (χ1n) is 5.16. The van der Waals surface area contributed by atoms with Crippen LogP contribution in [0, 0.1) is 6.54 Å². The molecule has 0 amide bonds. The molecule has 1 aliphatic rings. The Kier molecular flexibility index (Phi) is 3.02. The smallest absolute Gasteiger partial charge is 0.336 e. The van der Waals surface area contributed by atoms with Crippen molar-refractivity contribution in [3.05, 3.63) is 41.9 Å². The van der Waals surface area contributed by atoms with Crippen molar-refractivity contribution < 1.29 is 9.90 Å². The summed E-state index contributed by atoms with van der Waals surface area (Å²) in [5.74, 6) is -0.843. The lowest BCUT2D eigenvalue weighted by Gasteiger charge is -2.15. The molecule has 0 aliphatic carbocycles. The molecule has 3 heteroatoms. The highest BCUT2D eigenvalue weighted by atomic mass is 16.4. The molecule has 1 saturated heterocycles. The van der Waals surface area contributed by atoms with Crippen molar-refractivity contribution in [3.8, 4) is 0 Å². The van der Waals surface area contributed by atoms with Gasteiger partial charge in [0.1, 0.15) is 0 Å². The molecule has 0 aromatic heterocycles. The minimum atomic E-state index is -0.843. The van der Waals surface area contributed by atoms with Gasteiger partial charge in [-0.3, -0.25) is 4.90 Å². The van der Waals surface area contributed by atoms with Crippen molar-refractivity contribution in [2.75, 3.05) is 6.54 Å². The van der Waals surface area contributed by atoms with Crippen LogP contribution in [-0.4, -0.2) is 22.5 Å². The third-order valence-corrected chi connectivity index (χ3v) is 2.66. The van der Waals surface area contributed by atoms with E-state index in [0.717, 1.165) is 18.5 Å². The maximum Gasteiger partial charge on any atom is 0.336 e. The molecule has 0 bridgehead atoms. The monoisotopic (exact) mass is 204 g/mol. The molecule has 15 heavy (non-hydrogen) atoms. The number of hydrogen-bond acceptors (Lipinski definition) is 2. The van der Waals surface area contributed by atoms with Crippen molar-refractivity contribution in [3.63, 3.8) is 0 Å². The molecular weight excluding hydrogens is 190 g/mol. The molecule has 2 rings (SSSR count). The van der Waals surface area contributed by atoms with Crippen LogP contribution in [0.5, 0.6) is 0 Å². The predicted molar refractivity (Wildman–Crippen MR) is 57.3 cm³/mol. The zero-order valence-electron chi connectivity index (χ0n) is 8.52. The lowest BCUT2D eigenvalue weighted by atomic mass is 10.1. The molecule has 1 radical (unpaired) electrons. The van der Waals surface area contributed by atoms with E-state index in [2.05, 4.69) is 11.4 Å². The van der Waals surface area contributed by atoms with Gasteiger partial charge in [0.25, 0.3) is 0 Å². The van der Waals surface area contributed by atoms with E-state index < -0.39 is 5.97 Å². The van der Waals surface area contributed by atoms with Crippen molar-refractivity contribution in [2.24, 2.45) is 0 Å². The van der Waals surface area contributed by atoms with Crippen LogP contribution in [0.4, 0.5) is 0 Å². The summed E-state index contributed by atoms with van der Waals surface area (Å²) in [5.41, 5.74) is 1.31. The number of aromatic carboxylic acids is 1. The molecular formula is C12H14NO2. The Bertz CT molecular complexity index is 356. The molecule has 1 heterocycles. The molecule has 1 fully saturated rings. The van der Waals surface area contributed by atoms with E-state index >= 15 is 0 Å². The minimum absolute atomic E-state index is 0.415. The largest absolute Gasteiger partial charge is 0.478 e. The van der Waals surface area contributed by atoms with E-state index in [1.807, 2.05) is 12.1 Å². The SMILES string of the molecule is O=C(O)c1ccccc1CN1[CH]CCC1. The number of carboxylic acids is 1. The van der Waals surface area contributed by atoms with Crippen molar-refractivity contribution in [2.45, 2.75) is 19.4 Å². The Labute approximate surface area is 89.3 Å². The summed E-state index contributed by atoms with van der Waals surface area (Å²) in [7, 11) is 0. The Hall–Kier alpha value is -1.35. The van der Waals surface area contributed by atoms with Gasteiger partial charge in [0, 0.05) is 13.1 Å². The van der Waals surface area contributed by atoms with Gasteiger partial charge in [0.2, 0.25) is 0 Å². The summed E-state index contributed by atoms with van der Waals surface area (Å²) in [4.78, 5) is 13.1. The number of hydrogen-bond donors (Lipinski definition) is 1. The quantitative estimate of drug-likeness (QED) is 0.820. The van der Waals surface area contributed by atoms with Crippen LogP contribution in [0.15, 0.2) is 24.3 Å². The second kappa shape index (κ2) is 4.45. The predicted octanol–water partition coefficient (Wildman–Crippen LogP) is 2.14. The standard InChI is InChI=1S/C12H14NO2/c14-12(15)11-6-2-1-5-10(11)9-13-7-3-4-8-13/h1-2,5-7H,3-4,8-9H2,(H,14,15). The summed E-state index contributed by atoms with van der Waals surface area (Å²) >= 11 is 0. The zero-order valence-corrected chi connectivity index (χ0v) is 8.52. The van der Waals surface area contributed by atoms with Gasteiger partial charge in [-0.25, -0.2) is 4.79 Å². The highest BCUT2D eigenvalue weighted by molar-refractivity contribution is 5.89. The molecule has 1 aromatic rings. The first kappa shape index (κ1) is 10.2. The lowest BCUT2D eigenvalue weighted by Crippen LogP contribution is -2.17. The second-order valence-electron chi connectivity index (χ2n) is 3.76. The normalized spacial score (nSPS) is 16.8. The summed E-state index contributed by atoms with van der Waals surface area (Å²) < 4.78 is 0. The fourth-order valence-corrected chi connectivity index (χ4v) is 1.89. The van der Waals surface area contributed by atoms with Crippen LogP contribution in [0.3, 0.4) is 0 Å². The highest BCUT2D eigenvalue weighted by Gasteiger charge is 2.15. The molecule has 1 N–H and O–H groups in total. The molecule has 3 nitrogen and oxygen atoms in total. The number of benzene rings is 1. The van der Waals surface area contributed by atoms with Crippen LogP contribution >= 0.6 is 0 Å². The number of rotatable bonds is 3. The fourth-order valence-electron chi connectivity index (χ4n) is 1.89. The Morgan fingerprint density at radius 1 is 1.40 bits per heavy atom. The van der Waals surface area contributed by atoms with Gasteiger partial charge in [-0.1, -0.05) is 18.2 Å². The Balaban J connectivity index is 2.15. The van der Waals surface area contributed by atoms with Gasteiger partial charge in [-0.05, 0) is 31.0 Å². The summed E-state index contributed by atoms with van der Waals surface area (Å²) in [5, 5.41) is 9.01. The topological polar surface area (TPSA) is 40.5 Å². The van der Waals surface area contributed by atoms with Gasteiger partial charge in [-0.15, -0.1) is 0 Å². The maximum atomic E-state index is 11.0. The second-order valence-corrected chi connectivity index (χ2v) is 3.76. The van der Waals surface area contributed by atoms with Crippen molar-refractivity contribution in [1.82, 2.24) is 4.90 Å². The van der Waals surface area contributed by atoms with E-state index in [-0.39, 0.29) is 0 Å². The summed E-state index contributed by atoms with van der Waals surface area (Å²) in [6.07, 6.45) is 2.28. The number of carbonyl (C=O) groups is 1. The molecule has 1 aliphatic heterocycles. The van der Waals surface area contributed by atoms with Gasteiger partial charge in [0.15, 0.2) is 0 Å². The van der Waals surface area contributed by atoms with Gasteiger partial charge >= 0.3 is 5.97 Å². The van der Waals surface area contributed by atoms with Crippen LogP contribution in [0.25, 0.3) is 0 Å². The third kappa shape index (κ3) is 2.36. The number of nitrogens with zero attached hydrogens (tertiary/aromatic N) is 1. The molecule has 0 saturated carbocycles. The number of likely N-dealkylation sites (tertiary alicyclic amines) is 1. The van der Waals surface area contributed by atoms with E-state index in [4.69, 9.17) is 5.11 Å². The summed E-state index contributed by atoms with van der Waals surface area (Å²) in [6, 6.07) is 7.20. The van der Waals surface area contributed by atoms with E-state index in [9.17, 15) is 4.79 Å². The van der Waals surface area contributed by atoms with Crippen LogP contribution in [0.1, 0.15) is 28.8 Å². The van der Waals surface area contributed by atoms with Gasteiger partial charge in [-0.2, -0.15) is 0 Å². The molecule has 0 spiro atoms. The molecule has 0 unspecified atom stereocenters. The number of carboxylic acid groups (broad SMARTS) is 1. The first-order chi connectivity index (χ1) is 7.27. The average molecular weight is 204 g/mol. The average Bonchev–Trinajstić information content (AvgIpc) is 2.71. The zero-order chi connectivity index (χ0) is 10.7. The van der Waals surface area contributed by atoms with Crippen molar-refractivity contribution >= 4 is 5.97 Å². The highest BCUT2D eigenvalue weighted by Crippen LogP contribution is 2.18. The minimum Gasteiger partial charge on any atom is -0.478 e. The van der Waals surface area contributed by atoms with E-state index in [0.29, 0.717) is 12.1 Å². The Morgan fingerprint density at radius 3 is 2.87 bits per heavy atom. The molecule has 0 atom stereocenters. The maximum absolute atomic E-state index is 11.0. The third-order valence-electron chi connectivity index (χ3n) is 2.66. The summed E-state index contributed by atoms with van der Waals surface area (Å²) in [6.45, 7) is 3.90.